The number of carbonyl (C=O) groups excluding carboxylic acids is 1. The van der Waals surface area contributed by atoms with E-state index in [0.29, 0.717) is 11.8 Å². The van der Waals surface area contributed by atoms with E-state index in [-0.39, 0.29) is 18.6 Å². The lowest BCUT2D eigenvalue weighted by Gasteiger charge is -2.22. The summed E-state index contributed by atoms with van der Waals surface area (Å²) in [5, 5.41) is 7.93. The molecule has 0 bridgehead atoms. The van der Waals surface area contributed by atoms with E-state index in [1.54, 1.807) is 24.5 Å². The molecular weight excluding hydrogens is 316 g/mol. The average molecular weight is 340 g/mol. The minimum atomic E-state index is -0.114. The Bertz CT molecular complexity index is 722. The van der Waals surface area contributed by atoms with Gasteiger partial charge in [0.15, 0.2) is 6.61 Å². The number of rotatable bonds is 5. The van der Waals surface area contributed by atoms with Gasteiger partial charge in [-0.15, -0.1) is 0 Å². The molecule has 0 spiro atoms. The number of fused-ring (bicyclic) bond motifs is 1. The summed E-state index contributed by atoms with van der Waals surface area (Å²) in [6.07, 6.45) is 13.6. The maximum Gasteiger partial charge on any atom is 0.258 e. The monoisotopic (exact) mass is 340 g/mol. The molecular formula is C19H24N4O2. The van der Waals surface area contributed by atoms with E-state index < -0.39 is 0 Å². The molecule has 0 radical (unpaired) electrons. The molecule has 4 rings (SSSR count). The standard InChI is InChI=1S/C19H24N4O2/c24-18(13-25-16-8-4-10-20-11-16)21-17-9-3-5-14-12-23(22-19(14)17)15-6-1-2-7-15/h4,8,10-12,15,17H,1-3,5-7,9,13H2,(H,21,24)/t17-/m1/s1. The van der Waals surface area contributed by atoms with Gasteiger partial charge in [-0.3, -0.25) is 14.5 Å². The highest BCUT2D eigenvalue weighted by molar-refractivity contribution is 5.78. The molecule has 0 aromatic carbocycles. The number of nitrogens with one attached hydrogen (secondary N) is 1. The fourth-order valence-corrected chi connectivity index (χ4v) is 3.88. The lowest BCUT2D eigenvalue weighted by atomic mass is 9.94. The molecule has 0 saturated heterocycles. The fourth-order valence-electron chi connectivity index (χ4n) is 3.88. The van der Waals surface area contributed by atoms with Crippen molar-refractivity contribution < 1.29 is 9.53 Å². The minimum absolute atomic E-state index is 0.000853. The first-order chi connectivity index (χ1) is 12.3. The van der Waals surface area contributed by atoms with Gasteiger partial charge in [-0.05, 0) is 49.8 Å². The Morgan fingerprint density at radius 1 is 1.28 bits per heavy atom. The van der Waals surface area contributed by atoms with Gasteiger partial charge in [0.2, 0.25) is 0 Å². The second kappa shape index (κ2) is 7.25. The van der Waals surface area contributed by atoms with Crippen molar-refractivity contribution in [2.75, 3.05) is 6.61 Å². The quantitative estimate of drug-likeness (QED) is 0.908. The zero-order valence-corrected chi connectivity index (χ0v) is 14.4. The zero-order valence-electron chi connectivity index (χ0n) is 14.4. The molecule has 2 heterocycles. The van der Waals surface area contributed by atoms with Gasteiger partial charge in [0, 0.05) is 12.4 Å². The SMILES string of the molecule is O=C(COc1cccnc1)N[C@@H]1CCCc2cn(C3CCCC3)nc21. The van der Waals surface area contributed by atoms with E-state index in [9.17, 15) is 4.79 Å². The Morgan fingerprint density at radius 3 is 2.96 bits per heavy atom. The van der Waals surface area contributed by atoms with Crippen molar-refractivity contribution in [2.45, 2.75) is 57.0 Å². The van der Waals surface area contributed by atoms with E-state index >= 15 is 0 Å². The average Bonchev–Trinajstić information content (AvgIpc) is 3.30. The molecule has 1 saturated carbocycles. The van der Waals surface area contributed by atoms with Crippen LogP contribution in [0, 0.1) is 0 Å². The van der Waals surface area contributed by atoms with Crippen molar-refractivity contribution in [3.63, 3.8) is 0 Å². The minimum Gasteiger partial charge on any atom is -0.482 e. The van der Waals surface area contributed by atoms with Crippen LogP contribution in [0.5, 0.6) is 5.75 Å². The lowest BCUT2D eigenvalue weighted by Crippen LogP contribution is -2.34. The summed E-state index contributed by atoms with van der Waals surface area (Å²) in [4.78, 5) is 16.2. The number of aryl methyl sites for hydroxylation is 1. The first-order valence-corrected chi connectivity index (χ1v) is 9.20. The van der Waals surface area contributed by atoms with Crippen LogP contribution in [0.2, 0.25) is 0 Å². The van der Waals surface area contributed by atoms with Crippen LogP contribution in [0.15, 0.2) is 30.7 Å². The predicted molar refractivity (Wildman–Crippen MR) is 93.3 cm³/mol. The molecule has 1 fully saturated rings. The third-order valence-electron chi connectivity index (χ3n) is 5.15. The molecule has 1 amide bonds. The molecule has 6 nitrogen and oxygen atoms in total. The molecule has 1 atom stereocenters. The van der Waals surface area contributed by atoms with Crippen molar-refractivity contribution in [3.8, 4) is 5.75 Å². The van der Waals surface area contributed by atoms with Gasteiger partial charge in [0.1, 0.15) is 5.75 Å². The van der Waals surface area contributed by atoms with Crippen LogP contribution in [0.4, 0.5) is 0 Å². The van der Waals surface area contributed by atoms with E-state index in [2.05, 4.69) is 21.2 Å². The van der Waals surface area contributed by atoms with Crippen molar-refractivity contribution in [2.24, 2.45) is 0 Å². The van der Waals surface area contributed by atoms with E-state index in [4.69, 9.17) is 9.84 Å². The predicted octanol–water partition coefficient (Wildman–Crippen LogP) is 2.97. The van der Waals surface area contributed by atoms with Crippen molar-refractivity contribution >= 4 is 5.91 Å². The molecule has 132 valence electrons. The maximum absolute atomic E-state index is 12.3. The van der Waals surface area contributed by atoms with Crippen LogP contribution >= 0.6 is 0 Å². The van der Waals surface area contributed by atoms with Gasteiger partial charge < -0.3 is 10.1 Å². The molecule has 2 aliphatic rings. The Morgan fingerprint density at radius 2 is 2.16 bits per heavy atom. The number of pyridine rings is 1. The highest BCUT2D eigenvalue weighted by Gasteiger charge is 2.27. The molecule has 0 unspecified atom stereocenters. The smallest absolute Gasteiger partial charge is 0.258 e. The van der Waals surface area contributed by atoms with Crippen LogP contribution in [0.1, 0.15) is 61.9 Å². The second-order valence-electron chi connectivity index (χ2n) is 6.95. The van der Waals surface area contributed by atoms with Gasteiger partial charge in [-0.25, -0.2) is 0 Å². The van der Waals surface area contributed by atoms with Crippen LogP contribution in [-0.4, -0.2) is 27.3 Å². The van der Waals surface area contributed by atoms with Crippen LogP contribution in [0.25, 0.3) is 0 Å². The summed E-state index contributed by atoms with van der Waals surface area (Å²) in [5.41, 5.74) is 2.34. The molecule has 1 N–H and O–H groups in total. The Kier molecular flexibility index (Phi) is 4.68. The number of carbonyl (C=O) groups is 1. The lowest BCUT2D eigenvalue weighted by molar-refractivity contribution is -0.124. The van der Waals surface area contributed by atoms with Gasteiger partial charge >= 0.3 is 0 Å². The van der Waals surface area contributed by atoms with Gasteiger partial charge in [-0.1, -0.05) is 12.8 Å². The van der Waals surface area contributed by atoms with E-state index in [0.717, 1.165) is 25.0 Å². The Balaban J connectivity index is 1.39. The number of hydrogen-bond acceptors (Lipinski definition) is 4. The summed E-state index contributed by atoms with van der Waals surface area (Å²) in [6.45, 7) is 0.000853. The summed E-state index contributed by atoms with van der Waals surface area (Å²) in [5.74, 6) is 0.490. The molecule has 2 aliphatic carbocycles. The van der Waals surface area contributed by atoms with Crippen LogP contribution in [0.3, 0.4) is 0 Å². The van der Waals surface area contributed by atoms with Crippen LogP contribution in [-0.2, 0) is 11.2 Å². The first-order valence-electron chi connectivity index (χ1n) is 9.20. The molecule has 2 aromatic rings. The molecule has 6 heteroatoms. The summed E-state index contributed by atoms with van der Waals surface area (Å²) in [6, 6.07) is 4.12. The third kappa shape index (κ3) is 3.67. The summed E-state index contributed by atoms with van der Waals surface area (Å²) >= 11 is 0. The fraction of sp³-hybridized carbons (Fsp3) is 0.526. The Labute approximate surface area is 147 Å². The van der Waals surface area contributed by atoms with Gasteiger partial charge in [0.05, 0.1) is 24.0 Å². The summed E-state index contributed by atoms with van der Waals surface area (Å²) < 4.78 is 7.63. The molecule has 0 aliphatic heterocycles. The number of nitrogens with zero attached hydrogens (tertiary/aromatic N) is 3. The first kappa shape index (κ1) is 16.1. The van der Waals surface area contributed by atoms with Crippen molar-refractivity contribution in [1.29, 1.82) is 0 Å². The van der Waals surface area contributed by atoms with E-state index in [1.807, 2.05) is 0 Å². The maximum atomic E-state index is 12.3. The Hall–Kier alpha value is -2.37. The number of ether oxygens (including phenoxy) is 1. The number of amides is 1. The third-order valence-corrected chi connectivity index (χ3v) is 5.15. The van der Waals surface area contributed by atoms with E-state index in [1.165, 1.54) is 31.2 Å². The van der Waals surface area contributed by atoms with Crippen LogP contribution < -0.4 is 10.1 Å². The highest BCUT2D eigenvalue weighted by Crippen LogP contribution is 2.33. The summed E-state index contributed by atoms with van der Waals surface area (Å²) in [7, 11) is 0. The normalized spacial score (nSPS) is 20.2. The highest BCUT2D eigenvalue weighted by atomic mass is 16.5. The zero-order chi connectivity index (χ0) is 17.1. The largest absolute Gasteiger partial charge is 0.482 e. The van der Waals surface area contributed by atoms with Crippen molar-refractivity contribution in [1.82, 2.24) is 20.1 Å². The topological polar surface area (TPSA) is 69.0 Å². The number of aromatic nitrogens is 3. The molecule has 25 heavy (non-hydrogen) atoms. The second-order valence-corrected chi connectivity index (χ2v) is 6.95. The van der Waals surface area contributed by atoms with Crippen molar-refractivity contribution in [3.05, 3.63) is 42.0 Å². The molecule has 2 aromatic heterocycles. The van der Waals surface area contributed by atoms with Gasteiger partial charge in [-0.2, -0.15) is 5.10 Å². The number of hydrogen-bond donors (Lipinski definition) is 1. The van der Waals surface area contributed by atoms with Gasteiger partial charge in [0.25, 0.3) is 5.91 Å².